The van der Waals surface area contributed by atoms with Crippen molar-refractivity contribution >= 4 is 11.8 Å². The van der Waals surface area contributed by atoms with Gasteiger partial charge in [-0.25, -0.2) is 0 Å². The maximum absolute atomic E-state index is 12.6. The molecule has 2 atom stereocenters. The minimum atomic E-state index is -0.111. The lowest BCUT2D eigenvalue weighted by molar-refractivity contribution is -0.137. The third kappa shape index (κ3) is 3.51. The Hall–Kier alpha value is -1.10. The zero-order valence-electron chi connectivity index (χ0n) is 13.0. The summed E-state index contributed by atoms with van der Waals surface area (Å²) < 4.78 is 0. The molecule has 5 heteroatoms. The number of rotatable bonds is 4. The number of nitrogens with zero attached hydrogens (tertiary/aromatic N) is 3. The molecule has 0 aromatic heterocycles. The van der Waals surface area contributed by atoms with E-state index in [0.717, 1.165) is 26.1 Å². The molecule has 2 aliphatic heterocycles. The summed E-state index contributed by atoms with van der Waals surface area (Å²) in [4.78, 5) is 30.3. The number of hydrogen-bond donors (Lipinski definition) is 0. The maximum atomic E-state index is 12.6. The van der Waals surface area contributed by atoms with E-state index >= 15 is 0 Å². The number of likely N-dealkylation sites (tertiary alicyclic amines) is 2. The van der Waals surface area contributed by atoms with Gasteiger partial charge in [0.15, 0.2) is 0 Å². The number of carbonyl (C=O) groups excluding carboxylic acids is 2. The van der Waals surface area contributed by atoms with E-state index < -0.39 is 0 Å². The van der Waals surface area contributed by atoms with Crippen LogP contribution in [0.5, 0.6) is 0 Å². The van der Waals surface area contributed by atoms with Gasteiger partial charge in [-0.2, -0.15) is 0 Å². The molecule has 2 rings (SSSR count). The van der Waals surface area contributed by atoms with E-state index in [1.807, 2.05) is 11.8 Å². The van der Waals surface area contributed by atoms with Gasteiger partial charge in [-0.3, -0.25) is 9.59 Å². The van der Waals surface area contributed by atoms with Gasteiger partial charge in [-0.05, 0) is 39.8 Å². The third-order valence-electron chi connectivity index (χ3n) is 4.40. The Morgan fingerprint density at radius 1 is 1.35 bits per heavy atom. The zero-order valence-corrected chi connectivity index (χ0v) is 13.0. The zero-order chi connectivity index (χ0) is 14.7. The molecule has 0 radical (unpaired) electrons. The molecule has 0 saturated carbocycles. The van der Waals surface area contributed by atoms with Crippen LogP contribution >= 0.6 is 0 Å². The molecular weight excluding hydrogens is 254 g/mol. The highest BCUT2D eigenvalue weighted by Crippen LogP contribution is 2.24. The van der Waals surface area contributed by atoms with Crippen LogP contribution in [0, 0.1) is 11.8 Å². The molecule has 0 aliphatic carbocycles. The van der Waals surface area contributed by atoms with E-state index in [0.29, 0.717) is 25.4 Å². The summed E-state index contributed by atoms with van der Waals surface area (Å²) >= 11 is 0. The average molecular weight is 281 g/mol. The van der Waals surface area contributed by atoms with Crippen molar-refractivity contribution in [3.05, 3.63) is 0 Å². The largest absolute Gasteiger partial charge is 0.342 e. The monoisotopic (exact) mass is 281 g/mol. The average Bonchev–Trinajstić information content (AvgIpc) is 2.78. The summed E-state index contributed by atoms with van der Waals surface area (Å²) in [6, 6.07) is 0. The molecule has 20 heavy (non-hydrogen) atoms. The van der Waals surface area contributed by atoms with Crippen molar-refractivity contribution in [3.8, 4) is 0 Å². The number of carbonyl (C=O) groups is 2. The predicted molar refractivity (Wildman–Crippen MR) is 78.2 cm³/mol. The van der Waals surface area contributed by atoms with Gasteiger partial charge in [-0.1, -0.05) is 0 Å². The molecule has 2 heterocycles. The summed E-state index contributed by atoms with van der Waals surface area (Å²) in [7, 11) is 4.16. The summed E-state index contributed by atoms with van der Waals surface area (Å²) in [5, 5.41) is 0. The van der Waals surface area contributed by atoms with E-state index in [1.54, 1.807) is 4.90 Å². The minimum absolute atomic E-state index is 0.111. The quantitative estimate of drug-likeness (QED) is 0.760. The highest BCUT2D eigenvalue weighted by Gasteiger charge is 2.37. The lowest BCUT2D eigenvalue weighted by Gasteiger charge is -2.35. The Bertz CT molecular complexity index is 370. The van der Waals surface area contributed by atoms with Crippen LogP contribution in [0.15, 0.2) is 0 Å². The van der Waals surface area contributed by atoms with Crippen LogP contribution < -0.4 is 0 Å². The number of hydrogen-bond acceptors (Lipinski definition) is 3. The summed E-state index contributed by atoms with van der Waals surface area (Å²) in [5.41, 5.74) is 0. The van der Waals surface area contributed by atoms with Gasteiger partial charge in [0.2, 0.25) is 11.8 Å². The summed E-state index contributed by atoms with van der Waals surface area (Å²) in [6.45, 7) is 6.05. The second-order valence-electron chi connectivity index (χ2n) is 6.39. The third-order valence-corrected chi connectivity index (χ3v) is 4.40. The Labute approximate surface area is 121 Å². The van der Waals surface area contributed by atoms with E-state index in [2.05, 4.69) is 19.0 Å². The molecule has 5 nitrogen and oxygen atoms in total. The van der Waals surface area contributed by atoms with Crippen molar-refractivity contribution in [1.29, 1.82) is 0 Å². The molecule has 2 amide bonds. The summed E-state index contributed by atoms with van der Waals surface area (Å²) in [6.07, 6.45) is 2.69. The Kier molecular flexibility index (Phi) is 5.02. The summed E-state index contributed by atoms with van der Waals surface area (Å²) in [5.74, 6) is 0.785. The highest BCUT2D eigenvalue weighted by molar-refractivity contribution is 5.89. The predicted octanol–water partition coefficient (Wildman–Crippen LogP) is 0.655. The van der Waals surface area contributed by atoms with Crippen LogP contribution in [-0.2, 0) is 9.59 Å². The van der Waals surface area contributed by atoms with Gasteiger partial charge < -0.3 is 14.7 Å². The van der Waals surface area contributed by atoms with Crippen LogP contribution in [0.3, 0.4) is 0 Å². The molecule has 0 aromatic rings. The maximum Gasteiger partial charge on any atom is 0.228 e. The van der Waals surface area contributed by atoms with Gasteiger partial charge in [0.25, 0.3) is 0 Å². The molecule has 0 aromatic carbocycles. The standard InChI is InChI=1S/C15H27N3O2/c1-4-17-11-13(8-14(17)19)15(20)18-7-5-6-12(10-18)9-16(2)3/h12-13H,4-11H2,1-3H3/t12-,13+/m0/s1. The van der Waals surface area contributed by atoms with Gasteiger partial charge in [0, 0.05) is 39.1 Å². The van der Waals surface area contributed by atoms with Gasteiger partial charge >= 0.3 is 0 Å². The van der Waals surface area contributed by atoms with Crippen LogP contribution in [0.4, 0.5) is 0 Å². The van der Waals surface area contributed by atoms with E-state index in [9.17, 15) is 9.59 Å². The molecule has 0 N–H and O–H groups in total. The molecule has 0 spiro atoms. The molecular formula is C15H27N3O2. The van der Waals surface area contributed by atoms with Crippen molar-refractivity contribution in [1.82, 2.24) is 14.7 Å². The van der Waals surface area contributed by atoms with Crippen LogP contribution in [0.1, 0.15) is 26.2 Å². The molecule has 2 saturated heterocycles. The molecule has 0 bridgehead atoms. The van der Waals surface area contributed by atoms with E-state index in [-0.39, 0.29) is 17.7 Å². The van der Waals surface area contributed by atoms with Gasteiger partial charge in [0.1, 0.15) is 0 Å². The van der Waals surface area contributed by atoms with Crippen LogP contribution in [-0.4, -0.2) is 73.3 Å². The van der Waals surface area contributed by atoms with Crippen molar-refractivity contribution in [2.75, 3.05) is 46.8 Å². The topological polar surface area (TPSA) is 43.9 Å². The lowest BCUT2D eigenvalue weighted by atomic mass is 9.96. The molecule has 114 valence electrons. The first-order valence-electron chi connectivity index (χ1n) is 7.72. The second kappa shape index (κ2) is 6.57. The Morgan fingerprint density at radius 2 is 2.10 bits per heavy atom. The van der Waals surface area contributed by atoms with Crippen molar-refractivity contribution < 1.29 is 9.59 Å². The van der Waals surface area contributed by atoms with Crippen molar-refractivity contribution in [3.63, 3.8) is 0 Å². The fourth-order valence-electron chi connectivity index (χ4n) is 3.43. The molecule has 2 aliphatic rings. The minimum Gasteiger partial charge on any atom is -0.342 e. The number of amides is 2. The van der Waals surface area contributed by atoms with Gasteiger partial charge in [0.05, 0.1) is 5.92 Å². The Morgan fingerprint density at radius 3 is 2.70 bits per heavy atom. The fraction of sp³-hybridized carbons (Fsp3) is 0.867. The van der Waals surface area contributed by atoms with E-state index in [1.165, 1.54) is 6.42 Å². The highest BCUT2D eigenvalue weighted by atomic mass is 16.2. The number of piperidine rings is 1. The van der Waals surface area contributed by atoms with Crippen LogP contribution in [0.25, 0.3) is 0 Å². The molecule has 2 fully saturated rings. The smallest absolute Gasteiger partial charge is 0.228 e. The fourth-order valence-corrected chi connectivity index (χ4v) is 3.43. The first-order chi connectivity index (χ1) is 9.51. The van der Waals surface area contributed by atoms with Crippen molar-refractivity contribution in [2.45, 2.75) is 26.2 Å². The van der Waals surface area contributed by atoms with Crippen LogP contribution in [0.2, 0.25) is 0 Å². The van der Waals surface area contributed by atoms with Crippen molar-refractivity contribution in [2.24, 2.45) is 11.8 Å². The molecule has 0 unspecified atom stereocenters. The Balaban J connectivity index is 1.90. The lowest BCUT2D eigenvalue weighted by Crippen LogP contribution is -2.45. The van der Waals surface area contributed by atoms with Gasteiger partial charge in [-0.15, -0.1) is 0 Å². The van der Waals surface area contributed by atoms with E-state index in [4.69, 9.17) is 0 Å². The SMILES string of the molecule is CCN1C[C@H](C(=O)N2CCC[C@@H](CN(C)C)C2)CC1=O. The first-order valence-corrected chi connectivity index (χ1v) is 7.72. The normalized spacial score (nSPS) is 27.5. The first kappa shape index (κ1) is 15.3. The second-order valence-corrected chi connectivity index (χ2v) is 6.39.